The average Bonchev–Trinajstić information content (AvgIpc) is 2.73. The number of hydrogen-bond donors (Lipinski definition) is 2. The van der Waals surface area contributed by atoms with Crippen molar-refractivity contribution in [2.75, 3.05) is 13.1 Å². The highest BCUT2D eigenvalue weighted by atomic mass is 32.2. The second-order valence-electron chi connectivity index (χ2n) is 7.56. The van der Waals surface area contributed by atoms with E-state index >= 15 is 0 Å². The van der Waals surface area contributed by atoms with E-state index in [-0.39, 0.29) is 29.3 Å². The molecule has 1 fully saturated rings. The molecule has 0 radical (unpaired) electrons. The van der Waals surface area contributed by atoms with E-state index < -0.39 is 10.0 Å². The first-order valence-electron chi connectivity index (χ1n) is 9.97. The Kier molecular flexibility index (Phi) is 6.89. The Hall–Kier alpha value is -2.71. The van der Waals surface area contributed by atoms with Crippen LogP contribution in [0.1, 0.15) is 41.3 Å². The van der Waals surface area contributed by atoms with Crippen LogP contribution in [0.3, 0.4) is 0 Å². The SMILES string of the molecule is CC(=O)NC1CCN(C(=O)c2ccc(C)c(S(=O)(=O)NCc3ccccc3)c2)CC1. The molecule has 8 heteroatoms. The van der Waals surface area contributed by atoms with Gasteiger partial charge in [0.1, 0.15) is 0 Å². The Morgan fingerprint density at radius 1 is 1.07 bits per heavy atom. The number of nitrogens with one attached hydrogen (secondary N) is 2. The molecule has 1 saturated heterocycles. The monoisotopic (exact) mass is 429 g/mol. The fourth-order valence-electron chi connectivity index (χ4n) is 3.57. The molecule has 2 aromatic carbocycles. The second kappa shape index (κ2) is 9.40. The molecule has 0 aromatic heterocycles. The van der Waals surface area contributed by atoms with Gasteiger partial charge >= 0.3 is 0 Å². The van der Waals surface area contributed by atoms with Crippen molar-refractivity contribution in [2.45, 2.75) is 44.2 Å². The summed E-state index contributed by atoms with van der Waals surface area (Å²) in [5.41, 5.74) is 1.78. The molecular weight excluding hydrogens is 402 g/mol. The van der Waals surface area contributed by atoms with Crippen LogP contribution in [-0.4, -0.2) is 44.3 Å². The van der Waals surface area contributed by atoms with Crippen LogP contribution in [0.2, 0.25) is 0 Å². The summed E-state index contributed by atoms with van der Waals surface area (Å²) < 4.78 is 28.3. The van der Waals surface area contributed by atoms with Gasteiger partial charge in [-0.15, -0.1) is 0 Å². The van der Waals surface area contributed by atoms with Gasteiger partial charge in [0, 0.05) is 38.2 Å². The molecular formula is C22H27N3O4S. The number of aryl methyl sites for hydroxylation is 1. The summed E-state index contributed by atoms with van der Waals surface area (Å²) in [6, 6.07) is 14.1. The molecule has 0 atom stereocenters. The number of nitrogens with zero attached hydrogens (tertiary/aromatic N) is 1. The van der Waals surface area contributed by atoms with Gasteiger partial charge in [-0.3, -0.25) is 9.59 Å². The number of carbonyl (C=O) groups excluding carboxylic acids is 2. The lowest BCUT2D eigenvalue weighted by molar-refractivity contribution is -0.119. The molecule has 0 spiro atoms. The molecule has 2 amide bonds. The number of hydrogen-bond acceptors (Lipinski definition) is 4. The molecule has 0 saturated carbocycles. The van der Waals surface area contributed by atoms with E-state index in [1.165, 1.54) is 13.0 Å². The molecule has 0 aliphatic carbocycles. The highest BCUT2D eigenvalue weighted by Crippen LogP contribution is 2.20. The lowest BCUT2D eigenvalue weighted by Gasteiger charge is -2.32. The van der Waals surface area contributed by atoms with Crippen LogP contribution in [-0.2, 0) is 21.4 Å². The van der Waals surface area contributed by atoms with Crippen LogP contribution < -0.4 is 10.0 Å². The number of carbonyl (C=O) groups is 2. The van der Waals surface area contributed by atoms with Gasteiger partial charge in [-0.25, -0.2) is 13.1 Å². The number of benzene rings is 2. The third-order valence-electron chi connectivity index (χ3n) is 5.22. The molecule has 0 unspecified atom stereocenters. The molecule has 1 aliphatic heterocycles. The van der Waals surface area contributed by atoms with Gasteiger partial charge < -0.3 is 10.2 Å². The minimum atomic E-state index is -3.77. The molecule has 0 bridgehead atoms. The smallest absolute Gasteiger partial charge is 0.253 e. The predicted molar refractivity (Wildman–Crippen MR) is 114 cm³/mol. The normalized spacial score (nSPS) is 15.1. The Balaban J connectivity index is 1.71. The van der Waals surface area contributed by atoms with E-state index in [4.69, 9.17) is 0 Å². The Bertz CT molecular complexity index is 1010. The van der Waals surface area contributed by atoms with Gasteiger partial charge in [-0.05, 0) is 43.0 Å². The molecule has 1 heterocycles. The lowest BCUT2D eigenvalue weighted by atomic mass is 10.0. The zero-order valence-corrected chi connectivity index (χ0v) is 18.0. The van der Waals surface area contributed by atoms with Crippen LogP contribution in [0.4, 0.5) is 0 Å². The minimum absolute atomic E-state index is 0.0719. The lowest BCUT2D eigenvalue weighted by Crippen LogP contribution is -2.46. The maximum atomic E-state index is 12.9. The molecule has 3 rings (SSSR count). The summed E-state index contributed by atoms with van der Waals surface area (Å²) in [5.74, 6) is -0.271. The topological polar surface area (TPSA) is 95.6 Å². The van der Waals surface area contributed by atoms with Crippen LogP contribution in [0.25, 0.3) is 0 Å². The molecule has 2 N–H and O–H groups in total. The van der Waals surface area contributed by atoms with Gasteiger partial charge in [0.25, 0.3) is 5.91 Å². The average molecular weight is 430 g/mol. The predicted octanol–water partition coefficient (Wildman–Crippen LogP) is 2.21. The van der Waals surface area contributed by atoms with Crippen LogP contribution in [0, 0.1) is 6.92 Å². The van der Waals surface area contributed by atoms with Crippen molar-refractivity contribution in [1.82, 2.24) is 14.9 Å². The van der Waals surface area contributed by atoms with Crippen molar-refractivity contribution in [3.63, 3.8) is 0 Å². The van der Waals surface area contributed by atoms with Crippen LogP contribution in [0.15, 0.2) is 53.4 Å². The summed E-state index contributed by atoms with van der Waals surface area (Å²) in [5, 5.41) is 2.88. The van der Waals surface area contributed by atoms with Crippen molar-refractivity contribution in [3.05, 3.63) is 65.2 Å². The maximum absolute atomic E-state index is 12.9. The standard InChI is InChI=1S/C22H27N3O4S/c1-16-8-9-19(22(27)25-12-10-20(11-13-25)24-17(2)26)14-21(16)30(28,29)23-15-18-6-4-3-5-7-18/h3-9,14,20,23H,10-13,15H2,1-2H3,(H,24,26). The fourth-order valence-corrected chi connectivity index (χ4v) is 4.86. The molecule has 2 aromatic rings. The number of likely N-dealkylation sites (tertiary alicyclic amines) is 1. The van der Waals surface area contributed by atoms with Crippen molar-refractivity contribution in [3.8, 4) is 0 Å². The quantitative estimate of drug-likeness (QED) is 0.736. The van der Waals surface area contributed by atoms with E-state index in [1.807, 2.05) is 30.3 Å². The number of sulfonamides is 1. The van der Waals surface area contributed by atoms with Gasteiger partial charge in [0.2, 0.25) is 15.9 Å². The van der Waals surface area contributed by atoms with Gasteiger partial charge in [0.05, 0.1) is 4.90 Å². The first-order valence-corrected chi connectivity index (χ1v) is 11.5. The van der Waals surface area contributed by atoms with Gasteiger partial charge in [-0.1, -0.05) is 36.4 Å². The number of rotatable bonds is 6. The fraction of sp³-hybridized carbons (Fsp3) is 0.364. The van der Waals surface area contributed by atoms with Crippen molar-refractivity contribution in [1.29, 1.82) is 0 Å². The third kappa shape index (κ3) is 5.46. The van der Waals surface area contributed by atoms with Gasteiger partial charge in [0.15, 0.2) is 0 Å². The van der Waals surface area contributed by atoms with Crippen LogP contribution in [0.5, 0.6) is 0 Å². The first kappa shape index (κ1) is 22.0. The van der Waals surface area contributed by atoms with E-state index in [2.05, 4.69) is 10.0 Å². The van der Waals surface area contributed by atoms with E-state index in [9.17, 15) is 18.0 Å². The highest BCUT2D eigenvalue weighted by Gasteiger charge is 2.25. The first-order chi connectivity index (χ1) is 14.3. The Labute approximate surface area is 177 Å². The third-order valence-corrected chi connectivity index (χ3v) is 6.77. The van der Waals surface area contributed by atoms with E-state index in [1.54, 1.807) is 24.0 Å². The number of piperidine rings is 1. The van der Waals surface area contributed by atoms with Gasteiger partial charge in [-0.2, -0.15) is 0 Å². The van der Waals surface area contributed by atoms with Crippen LogP contribution >= 0.6 is 0 Å². The number of amides is 2. The van der Waals surface area contributed by atoms with E-state index in [0.717, 1.165) is 5.56 Å². The summed E-state index contributed by atoms with van der Waals surface area (Å²) in [6.07, 6.45) is 1.36. The zero-order chi connectivity index (χ0) is 21.7. The maximum Gasteiger partial charge on any atom is 0.253 e. The summed E-state index contributed by atoms with van der Waals surface area (Å²) in [4.78, 5) is 25.9. The van der Waals surface area contributed by atoms with Crippen molar-refractivity contribution < 1.29 is 18.0 Å². The Morgan fingerprint density at radius 3 is 2.37 bits per heavy atom. The Morgan fingerprint density at radius 2 is 1.73 bits per heavy atom. The summed E-state index contributed by atoms with van der Waals surface area (Å²) >= 11 is 0. The summed E-state index contributed by atoms with van der Waals surface area (Å²) in [7, 11) is -3.77. The van der Waals surface area contributed by atoms with Crippen molar-refractivity contribution in [2.24, 2.45) is 0 Å². The largest absolute Gasteiger partial charge is 0.353 e. The summed E-state index contributed by atoms with van der Waals surface area (Å²) in [6.45, 7) is 4.41. The molecule has 30 heavy (non-hydrogen) atoms. The molecule has 160 valence electrons. The highest BCUT2D eigenvalue weighted by molar-refractivity contribution is 7.89. The molecule has 7 nitrogen and oxygen atoms in total. The molecule has 1 aliphatic rings. The second-order valence-corrected chi connectivity index (χ2v) is 9.29. The van der Waals surface area contributed by atoms with E-state index in [0.29, 0.717) is 37.1 Å². The van der Waals surface area contributed by atoms with Crippen molar-refractivity contribution >= 4 is 21.8 Å². The zero-order valence-electron chi connectivity index (χ0n) is 17.2. The minimum Gasteiger partial charge on any atom is -0.353 e.